The summed E-state index contributed by atoms with van der Waals surface area (Å²) in [5, 5.41) is 5.42. The molecule has 2 aliphatic heterocycles. The van der Waals surface area contributed by atoms with E-state index in [-0.39, 0.29) is 36.5 Å². The van der Waals surface area contributed by atoms with Crippen LogP contribution in [0.5, 0.6) is 0 Å². The second-order valence-corrected chi connectivity index (χ2v) is 8.01. The van der Waals surface area contributed by atoms with Gasteiger partial charge in [-0.15, -0.1) is 0 Å². The summed E-state index contributed by atoms with van der Waals surface area (Å²) in [5.74, 6) is -1.02. The van der Waals surface area contributed by atoms with Gasteiger partial charge in [-0.05, 0) is 49.5 Å². The molecule has 30 heavy (non-hydrogen) atoms. The number of carbonyl (C=O) groups excluding carboxylic acids is 2. The van der Waals surface area contributed by atoms with Crippen LogP contribution in [0.4, 0.5) is 22.4 Å². The van der Waals surface area contributed by atoms with Crippen LogP contribution in [0.15, 0.2) is 18.2 Å². The van der Waals surface area contributed by atoms with Crippen LogP contribution in [0.3, 0.4) is 0 Å². The molecule has 2 saturated heterocycles. The summed E-state index contributed by atoms with van der Waals surface area (Å²) in [7, 11) is 0. The van der Waals surface area contributed by atoms with E-state index in [2.05, 4.69) is 10.6 Å². The highest BCUT2D eigenvalue weighted by molar-refractivity contribution is 6.30. The van der Waals surface area contributed by atoms with Crippen LogP contribution in [-0.2, 0) is 4.79 Å². The molecule has 0 saturated carbocycles. The fourth-order valence-corrected chi connectivity index (χ4v) is 4.10. The number of alkyl halides is 3. The topological polar surface area (TPSA) is 64.7 Å². The Labute approximate surface area is 176 Å². The lowest BCUT2D eigenvalue weighted by Gasteiger charge is -2.38. The number of halogens is 5. The fraction of sp³-hybridized carbons (Fsp3) is 0.579. The molecule has 0 unspecified atom stereocenters. The maximum absolute atomic E-state index is 13.6. The lowest BCUT2D eigenvalue weighted by molar-refractivity contribution is -0.148. The van der Waals surface area contributed by atoms with Crippen LogP contribution in [0.25, 0.3) is 0 Å². The molecule has 2 N–H and O–H groups in total. The minimum absolute atomic E-state index is 0.0766. The summed E-state index contributed by atoms with van der Waals surface area (Å²) in [6.07, 6.45) is -3.41. The number of hydrogen-bond donors (Lipinski definition) is 2. The van der Waals surface area contributed by atoms with E-state index in [1.165, 1.54) is 28.0 Å². The van der Waals surface area contributed by atoms with Crippen LogP contribution in [-0.4, -0.2) is 67.2 Å². The molecule has 1 atom stereocenters. The average Bonchev–Trinajstić information content (AvgIpc) is 2.68. The molecule has 3 amide bonds. The van der Waals surface area contributed by atoms with Gasteiger partial charge in [-0.25, -0.2) is 9.18 Å². The van der Waals surface area contributed by atoms with E-state index in [4.69, 9.17) is 11.6 Å². The molecule has 0 bridgehead atoms. The van der Waals surface area contributed by atoms with E-state index >= 15 is 0 Å². The SMILES string of the molecule is O=C1CN(C(=O)N[C@@H](c2ccc(F)c(Cl)c2)C2CCN(CC(F)(F)F)CC2)CCN1. The van der Waals surface area contributed by atoms with Gasteiger partial charge >= 0.3 is 12.2 Å². The standard InChI is InChI=1S/C19H23ClF4N4O2/c20-14-9-13(1-2-15(14)21)17(26-18(30)28-8-5-25-16(29)10-28)12-3-6-27(7-4-12)11-19(22,23)24/h1-2,9,12,17H,3-8,10-11H2,(H,25,29)(H,26,30)/t17-/m1/s1. The molecule has 11 heteroatoms. The quantitative estimate of drug-likeness (QED) is 0.693. The third kappa shape index (κ3) is 5.98. The number of likely N-dealkylation sites (tertiary alicyclic amines) is 1. The molecule has 0 radical (unpaired) electrons. The zero-order valence-corrected chi connectivity index (χ0v) is 16.9. The van der Waals surface area contributed by atoms with Gasteiger partial charge in [-0.2, -0.15) is 13.2 Å². The van der Waals surface area contributed by atoms with Gasteiger partial charge in [0.05, 0.1) is 17.6 Å². The number of urea groups is 1. The zero-order valence-electron chi connectivity index (χ0n) is 16.1. The van der Waals surface area contributed by atoms with E-state index in [1.54, 1.807) is 0 Å². The molecule has 2 heterocycles. The molecule has 6 nitrogen and oxygen atoms in total. The number of piperazine rings is 1. The Bertz CT molecular complexity index is 784. The van der Waals surface area contributed by atoms with Gasteiger partial charge in [0, 0.05) is 13.1 Å². The van der Waals surface area contributed by atoms with Crippen molar-refractivity contribution in [2.75, 3.05) is 39.3 Å². The van der Waals surface area contributed by atoms with E-state index in [0.717, 1.165) is 0 Å². The largest absolute Gasteiger partial charge is 0.401 e. The van der Waals surface area contributed by atoms with Crippen LogP contribution in [0.2, 0.25) is 5.02 Å². The Morgan fingerprint density at radius 1 is 1.27 bits per heavy atom. The molecule has 166 valence electrons. The highest BCUT2D eigenvalue weighted by Gasteiger charge is 2.35. The Hall–Kier alpha value is -2.07. The third-order valence-corrected chi connectivity index (χ3v) is 5.70. The summed E-state index contributed by atoms with van der Waals surface area (Å²) in [5.41, 5.74) is 0.575. The summed E-state index contributed by atoms with van der Waals surface area (Å²) in [6, 6.07) is 3.12. The van der Waals surface area contributed by atoms with Crippen molar-refractivity contribution in [3.05, 3.63) is 34.6 Å². The summed E-state index contributed by atoms with van der Waals surface area (Å²) in [6.45, 7) is 0.109. The number of amides is 3. The Kier molecular flexibility index (Phi) is 7.07. The van der Waals surface area contributed by atoms with E-state index in [0.29, 0.717) is 31.5 Å². The monoisotopic (exact) mass is 450 g/mol. The molecular formula is C19H23ClF4N4O2. The number of carbonyl (C=O) groups is 2. The molecule has 0 spiro atoms. The summed E-state index contributed by atoms with van der Waals surface area (Å²) < 4.78 is 51.6. The predicted molar refractivity (Wildman–Crippen MR) is 102 cm³/mol. The molecule has 1 aromatic carbocycles. The van der Waals surface area contributed by atoms with Gasteiger partial charge in [0.15, 0.2) is 0 Å². The van der Waals surface area contributed by atoms with Crippen molar-refractivity contribution in [1.82, 2.24) is 20.4 Å². The number of nitrogens with zero attached hydrogens (tertiary/aromatic N) is 2. The number of piperidine rings is 1. The first-order chi connectivity index (χ1) is 14.1. The van der Waals surface area contributed by atoms with Gasteiger partial charge in [0.25, 0.3) is 0 Å². The fourth-order valence-electron chi connectivity index (χ4n) is 3.91. The van der Waals surface area contributed by atoms with Crippen molar-refractivity contribution in [2.24, 2.45) is 5.92 Å². The van der Waals surface area contributed by atoms with Crippen molar-refractivity contribution in [1.29, 1.82) is 0 Å². The maximum atomic E-state index is 13.6. The second-order valence-electron chi connectivity index (χ2n) is 7.60. The zero-order chi connectivity index (χ0) is 21.9. The van der Waals surface area contributed by atoms with E-state index in [1.807, 2.05) is 0 Å². The average molecular weight is 451 g/mol. The highest BCUT2D eigenvalue weighted by Crippen LogP contribution is 2.33. The molecule has 0 aliphatic carbocycles. The normalized spacial score (nSPS) is 20.0. The van der Waals surface area contributed by atoms with Gasteiger partial charge in [-0.3, -0.25) is 9.69 Å². The van der Waals surface area contributed by atoms with E-state index < -0.39 is 30.6 Å². The van der Waals surface area contributed by atoms with Gasteiger partial charge in [0.1, 0.15) is 12.4 Å². The molecule has 2 fully saturated rings. The minimum atomic E-state index is -4.26. The Morgan fingerprint density at radius 2 is 1.97 bits per heavy atom. The number of hydrogen-bond acceptors (Lipinski definition) is 3. The van der Waals surface area contributed by atoms with Gasteiger partial charge < -0.3 is 15.5 Å². The maximum Gasteiger partial charge on any atom is 0.401 e. The van der Waals surface area contributed by atoms with Crippen molar-refractivity contribution in [2.45, 2.75) is 25.1 Å². The molecule has 1 aromatic rings. The molecule has 2 aliphatic rings. The van der Waals surface area contributed by atoms with Crippen LogP contribution in [0, 0.1) is 11.7 Å². The second kappa shape index (κ2) is 9.38. The Morgan fingerprint density at radius 3 is 2.57 bits per heavy atom. The van der Waals surface area contributed by atoms with Crippen molar-refractivity contribution in [3.63, 3.8) is 0 Å². The van der Waals surface area contributed by atoms with Gasteiger partial charge in [-0.1, -0.05) is 17.7 Å². The summed E-state index contributed by atoms with van der Waals surface area (Å²) >= 11 is 5.91. The van der Waals surface area contributed by atoms with Gasteiger partial charge in [0.2, 0.25) is 5.91 Å². The predicted octanol–water partition coefficient (Wildman–Crippen LogP) is 2.94. The number of benzene rings is 1. The third-order valence-electron chi connectivity index (χ3n) is 5.41. The van der Waals surface area contributed by atoms with Crippen LogP contribution < -0.4 is 10.6 Å². The smallest absolute Gasteiger partial charge is 0.353 e. The highest BCUT2D eigenvalue weighted by atomic mass is 35.5. The lowest BCUT2D eigenvalue weighted by Crippen LogP contribution is -2.54. The molecule has 0 aromatic heterocycles. The van der Waals surface area contributed by atoms with Crippen molar-refractivity contribution < 1.29 is 27.2 Å². The van der Waals surface area contributed by atoms with E-state index in [9.17, 15) is 27.2 Å². The number of nitrogens with one attached hydrogen (secondary N) is 2. The summed E-state index contributed by atoms with van der Waals surface area (Å²) in [4.78, 5) is 27.0. The first-order valence-electron chi connectivity index (χ1n) is 9.68. The van der Waals surface area contributed by atoms with Crippen LogP contribution in [0.1, 0.15) is 24.4 Å². The first-order valence-corrected chi connectivity index (χ1v) is 10.1. The van der Waals surface area contributed by atoms with Crippen molar-refractivity contribution in [3.8, 4) is 0 Å². The number of rotatable bonds is 4. The molecular weight excluding hydrogens is 428 g/mol. The van der Waals surface area contributed by atoms with Crippen molar-refractivity contribution >= 4 is 23.5 Å². The van der Waals surface area contributed by atoms with Crippen LogP contribution >= 0.6 is 11.6 Å². The lowest BCUT2D eigenvalue weighted by atomic mass is 9.85. The Balaban J connectivity index is 1.74. The molecule has 3 rings (SSSR count). The first kappa shape index (κ1) is 22.6. The minimum Gasteiger partial charge on any atom is -0.353 e.